The number of amides is 1. The van der Waals surface area contributed by atoms with E-state index in [0.717, 1.165) is 54.1 Å². The lowest BCUT2D eigenvalue weighted by atomic mass is 9.84. The summed E-state index contributed by atoms with van der Waals surface area (Å²) >= 11 is 0. The number of benzene rings is 2. The lowest BCUT2D eigenvalue weighted by molar-refractivity contribution is -0.127. The molecule has 2 unspecified atom stereocenters. The molecular weight excluding hydrogens is 469 g/mol. The molecule has 2 aromatic rings. The number of ether oxygens (including phenoxy) is 4. The maximum Gasteiger partial charge on any atom is 0.398 e. The summed E-state index contributed by atoms with van der Waals surface area (Å²) in [6, 6.07) is 12.1. The Bertz CT molecular complexity index is 1040. The molecule has 1 heterocycles. The Kier molecular flexibility index (Phi) is 9.61. The van der Waals surface area contributed by atoms with Crippen molar-refractivity contribution in [2.75, 3.05) is 34.5 Å². The Hall–Kier alpha value is -2.87. The van der Waals surface area contributed by atoms with Crippen molar-refractivity contribution in [1.29, 1.82) is 0 Å². The number of hydrogen-bond donors (Lipinski definition) is 0. The van der Waals surface area contributed by atoms with Crippen molar-refractivity contribution >= 4 is 13.5 Å². The van der Waals surface area contributed by atoms with Gasteiger partial charge in [0.25, 0.3) is 0 Å². The van der Waals surface area contributed by atoms with Gasteiger partial charge >= 0.3 is 7.62 Å². The number of unbranched alkanes of at least 4 members (excludes halogenated alkanes) is 1. The Balaban J connectivity index is 1.59. The second-order valence-electron chi connectivity index (χ2n) is 10.0. The van der Waals surface area contributed by atoms with E-state index in [1.807, 2.05) is 24.3 Å². The maximum absolute atomic E-state index is 13.5. The topological polar surface area (TPSA) is 66.5 Å². The summed E-state index contributed by atoms with van der Waals surface area (Å²) in [6.07, 6.45) is 7.42. The van der Waals surface area contributed by atoms with Crippen molar-refractivity contribution in [3.63, 3.8) is 0 Å². The summed E-state index contributed by atoms with van der Waals surface area (Å²) in [5, 5.41) is 0. The molecule has 0 bridgehead atoms. The first-order valence-electron chi connectivity index (χ1n) is 13.5. The Labute approximate surface area is 221 Å². The van der Waals surface area contributed by atoms with E-state index in [1.54, 1.807) is 26.1 Å². The van der Waals surface area contributed by atoms with Crippen LogP contribution in [0.15, 0.2) is 36.4 Å². The first kappa shape index (κ1) is 27.2. The Morgan fingerprint density at radius 1 is 0.946 bits per heavy atom. The molecule has 4 rings (SSSR count). The van der Waals surface area contributed by atoms with Gasteiger partial charge in [0.1, 0.15) is 0 Å². The van der Waals surface area contributed by atoms with Gasteiger partial charge in [-0.05, 0) is 73.9 Å². The summed E-state index contributed by atoms with van der Waals surface area (Å²) in [5.74, 6) is 2.81. The van der Waals surface area contributed by atoms with Crippen LogP contribution in [-0.2, 0) is 15.9 Å². The summed E-state index contributed by atoms with van der Waals surface area (Å²) in [4.78, 5) is 15.3. The normalized spacial score (nSPS) is 19.8. The predicted molar refractivity (Wildman–Crippen MR) is 145 cm³/mol. The molecule has 2 aromatic carbocycles. The molecule has 8 heteroatoms. The molecule has 0 radical (unpaired) electrons. The van der Waals surface area contributed by atoms with Crippen LogP contribution in [0, 0.1) is 5.92 Å². The van der Waals surface area contributed by atoms with Crippen LogP contribution < -0.4 is 18.9 Å². The monoisotopic (exact) mass is 509 g/mol. The quantitative estimate of drug-likeness (QED) is 0.283. The standard InChI is InChI=1S/C29H40BNO6/c1-5-6-15-36-26-13-11-20(17-27(26)34-3)16-23-24(19-31(29(23)32)30-35-4)21-12-14-25(33-2)28(18-21)37-22-9-7-8-10-22/h11-14,17-18,22-24,30H,5-10,15-16,19H2,1-4H3. The fourth-order valence-corrected chi connectivity index (χ4v) is 5.44. The van der Waals surface area contributed by atoms with Crippen molar-refractivity contribution in [3.8, 4) is 23.0 Å². The largest absolute Gasteiger partial charge is 0.493 e. The van der Waals surface area contributed by atoms with E-state index < -0.39 is 0 Å². The number of rotatable bonds is 13. The number of carbonyl (C=O) groups is 1. The van der Waals surface area contributed by atoms with E-state index in [0.29, 0.717) is 25.3 Å². The van der Waals surface area contributed by atoms with E-state index in [2.05, 4.69) is 19.1 Å². The van der Waals surface area contributed by atoms with Crippen molar-refractivity contribution in [2.45, 2.75) is 63.9 Å². The van der Waals surface area contributed by atoms with Crippen LogP contribution in [-0.4, -0.2) is 58.9 Å². The maximum atomic E-state index is 13.5. The summed E-state index contributed by atoms with van der Waals surface area (Å²) in [6.45, 7) is 3.39. The minimum absolute atomic E-state index is 0.00552. The zero-order valence-electron chi connectivity index (χ0n) is 22.7. The van der Waals surface area contributed by atoms with Gasteiger partial charge in [-0.25, -0.2) is 0 Å². The number of hydrogen-bond acceptors (Lipinski definition) is 6. The average molecular weight is 509 g/mol. The minimum Gasteiger partial charge on any atom is -0.493 e. The second kappa shape index (κ2) is 13.1. The first-order chi connectivity index (χ1) is 18.1. The van der Waals surface area contributed by atoms with E-state index in [9.17, 15) is 4.79 Å². The zero-order chi connectivity index (χ0) is 26.2. The number of nitrogens with zero attached hydrogens (tertiary/aromatic N) is 1. The van der Waals surface area contributed by atoms with Crippen LogP contribution in [0.1, 0.15) is 62.5 Å². The molecule has 0 spiro atoms. The lowest BCUT2D eigenvalue weighted by Crippen LogP contribution is -2.32. The third kappa shape index (κ3) is 6.53. The van der Waals surface area contributed by atoms with E-state index in [1.165, 1.54) is 12.8 Å². The first-order valence-corrected chi connectivity index (χ1v) is 13.5. The molecule has 0 N–H and O–H groups in total. The SMILES string of the molecule is CCCCOc1ccc(CC2C(=O)N(BOC)CC2c2ccc(OC)c(OC3CCCC3)c2)cc1OC. The smallest absolute Gasteiger partial charge is 0.398 e. The van der Waals surface area contributed by atoms with Gasteiger partial charge in [0.05, 0.1) is 26.9 Å². The fourth-order valence-electron chi connectivity index (χ4n) is 5.44. The van der Waals surface area contributed by atoms with Gasteiger partial charge in [-0.2, -0.15) is 0 Å². The lowest BCUT2D eigenvalue weighted by Gasteiger charge is -2.21. The second-order valence-corrected chi connectivity index (χ2v) is 10.0. The van der Waals surface area contributed by atoms with Gasteiger partial charge < -0.3 is 28.4 Å². The minimum atomic E-state index is -0.223. The van der Waals surface area contributed by atoms with Gasteiger partial charge in [-0.1, -0.05) is 25.5 Å². The molecule has 1 saturated carbocycles. The molecule has 1 saturated heterocycles. The summed E-state index contributed by atoms with van der Waals surface area (Å²) in [7, 11) is 5.22. The van der Waals surface area contributed by atoms with Crippen LogP contribution in [0.25, 0.3) is 0 Å². The van der Waals surface area contributed by atoms with Gasteiger partial charge in [-0.15, -0.1) is 0 Å². The van der Waals surface area contributed by atoms with Crippen LogP contribution in [0.2, 0.25) is 0 Å². The molecule has 1 aliphatic heterocycles. The number of carbonyl (C=O) groups excluding carboxylic acids is 1. The van der Waals surface area contributed by atoms with E-state index in [4.69, 9.17) is 23.6 Å². The highest BCUT2D eigenvalue weighted by Crippen LogP contribution is 2.41. The Morgan fingerprint density at radius 2 is 1.70 bits per heavy atom. The van der Waals surface area contributed by atoms with Crippen molar-refractivity contribution in [2.24, 2.45) is 5.92 Å². The third-order valence-corrected chi connectivity index (χ3v) is 7.47. The molecule has 2 atom stereocenters. The third-order valence-electron chi connectivity index (χ3n) is 7.47. The summed E-state index contributed by atoms with van der Waals surface area (Å²) < 4.78 is 28.8. The van der Waals surface area contributed by atoms with Crippen molar-refractivity contribution < 1.29 is 28.4 Å². The van der Waals surface area contributed by atoms with Crippen molar-refractivity contribution in [1.82, 2.24) is 4.81 Å². The van der Waals surface area contributed by atoms with Gasteiger partial charge in [-0.3, -0.25) is 4.79 Å². The van der Waals surface area contributed by atoms with Gasteiger partial charge in [0.2, 0.25) is 5.91 Å². The van der Waals surface area contributed by atoms with E-state index >= 15 is 0 Å². The fraction of sp³-hybridized carbons (Fsp3) is 0.552. The van der Waals surface area contributed by atoms with Crippen LogP contribution in [0.5, 0.6) is 23.0 Å². The highest BCUT2D eigenvalue weighted by Gasteiger charge is 2.41. The molecule has 2 fully saturated rings. The Morgan fingerprint density at radius 3 is 2.41 bits per heavy atom. The molecule has 2 aliphatic rings. The van der Waals surface area contributed by atoms with Crippen LogP contribution in [0.4, 0.5) is 0 Å². The molecule has 1 amide bonds. The summed E-state index contributed by atoms with van der Waals surface area (Å²) in [5.41, 5.74) is 2.12. The average Bonchev–Trinajstić information content (AvgIpc) is 3.53. The molecule has 0 aromatic heterocycles. The molecule has 200 valence electrons. The van der Waals surface area contributed by atoms with E-state index in [-0.39, 0.29) is 31.5 Å². The molecular formula is C29H40BNO6. The zero-order valence-corrected chi connectivity index (χ0v) is 22.7. The number of methoxy groups -OCH3 is 2. The predicted octanol–water partition coefficient (Wildman–Crippen LogP) is 4.90. The van der Waals surface area contributed by atoms with Crippen molar-refractivity contribution in [3.05, 3.63) is 47.5 Å². The van der Waals surface area contributed by atoms with Gasteiger partial charge in [0, 0.05) is 25.5 Å². The molecule has 1 aliphatic carbocycles. The van der Waals surface area contributed by atoms with Crippen LogP contribution >= 0.6 is 0 Å². The molecule has 37 heavy (non-hydrogen) atoms. The van der Waals surface area contributed by atoms with Crippen LogP contribution in [0.3, 0.4) is 0 Å². The molecule has 7 nitrogen and oxygen atoms in total. The highest BCUT2D eigenvalue weighted by atomic mass is 16.5. The highest BCUT2D eigenvalue weighted by molar-refractivity contribution is 6.30. The van der Waals surface area contributed by atoms with Gasteiger partial charge in [0.15, 0.2) is 23.0 Å².